The highest BCUT2D eigenvalue weighted by Gasteiger charge is 2.26. The van der Waals surface area contributed by atoms with Crippen LogP contribution in [0.3, 0.4) is 0 Å². The molecular weight excluding hydrogens is 332 g/mol. The van der Waals surface area contributed by atoms with Crippen LogP contribution in [0.2, 0.25) is 0 Å². The number of benzene rings is 1. The van der Waals surface area contributed by atoms with Crippen LogP contribution in [0.4, 0.5) is 0 Å². The average molecular weight is 353 g/mol. The summed E-state index contributed by atoms with van der Waals surface area (Å²) in [6.45, 7) is 4.93. The molecule has 1 aromatic rings. The van der Waals surface area contributed by atoms with Gasteiger partial charge in [-0.15, -0.1) is 0 Å². The van der Waals surface area contributed by atoms with Crippen LogP contribution in [0.5, 0.6) is 0 Å². The summed E-state index contributed by atoms with van der Waals surface area (Å²) in [6.07, 6.45) is 1.50. The van der Waals surface area contributed by atoms with Gasteiger partial charge in [-0.1, -0.05) is 28.1 Å². The third-order valence-electron chi connectivity index (χ3n) is 4.04. The lowest BCUT2D eigenvalue weighted by Gasteiger charge is -2.31. The molecule has 1 fully saturated rings. The SMILES string of the molecule is CC(=O)N1CCC(C(=O)NC(C)c2ccc(Br)cc2)CC1. The third kappa shape index (κ3) is 4.30. The highest BCUT2D eigenvalue weighted by atomic mass is 79.9. The number of carbonyl (C=O) groups is 2. The zero-order chi connectivity index (χ0) is 15.4. The van der Waals surface area contributed by atoms with Crippen molar-refractivity contribution in [1.82, 2.24) is 10.2 Å². The number of nitrogens with one attached hydrogen (secondary N) is 1. The molecule has 0 aliphatic carbocycles. The summed E-state index contributed by atoms with van der Waals surface area (Å²) in [5, 5.41) is 3.07. The largest absolute Gasteiger partial charge is 0.349 e. The molecule has 0 bridgehead atoms. The van der Waals surface area contributed by atoms with E-state index in [1.54, 1.807) is 6.92 Å². The first-order valence-electron chi connectivity index (χ1n) is 7.28. The summed E-state index contributed by atoms with van der Waals surface area (Å²) in [5.41, 5.74) is 1.09. The number of nitrogens with zero attached hydrogens (tertiary/aromatic N) is 1. The molecule has 0 aromatic heterocycles. The van der Waals surface area contributed by atoms with Crippen LogP contribution in [-0.2, 0) is 9.59 Å². The molecule has 1 aliphatic heterocycles. The van der Waals surface area contributed by atoms with Crippen molar-refractivity contribution in [3.8, 4) is 0 Å². The fourth-order valence-corrected chi connectivity index (χ4v) is 2.89. The van der Waals surface area contributed by atoms with Crippen LogP contribution in [0.15, 0.2) is 28.7 Å². The van der Waals surface area contributed by atoms with E-state index in [1.165, 1.54) is 0 Å². The maximum Gasteiger partial charge on any atom is 0.223 e. The number of hydrogen-bond acceptors (Lipinski definition) is 2. The molecule has 1 N–H and O–H groups in total. The molecule has 1 unspecified atom stereocenters. The van der Waals surface area contributed by atoms with Crippen molar-refractivity contribution >= 4 is 27.7 Å². The third-order valence-corrected chi connectivity index (χ3v) is 4.57. The van der Waals surface area contributed by atoms with Crippen LogP contribution in [0.25, 0.3) is 0 Å². The monoisotopic (exact) mass is 352 g/mol. The van der Waals surface area contributed by atoms with Gasteiger partial charge in [0.15, 0.2) is 0 Å². The van der Waals surface area contributed by atoms with Gasteiger partial charge in [0.05, 0.1) is 6.04 Å². The lowest BCUT2D eigenvalue weighted by molar-refractivity contribution is -0.134. The Balaban J connectivity index is 1.87. The number of amides is 2. The van der Waals surface area contributed by atoms with E-state index in [1.807, 2.05) is 36.1 Å². The van der Waals surface area contributed by atoms with Gasteiger partial charge in [-0.25, -0.2) is 0 Å². The molecule has 1 saturated heterocycles. The Hall–Kier alpha value is -1.36. The van der Waals surface area contributed by atoms with Gasteiger partial charge in [0.1, 0.15) is 0 Å². The molecule has 4 nitrogen and oxygen atoms in total. The Morgan fingerprint density at radius 2 is 1.81 bits per heavy atom. The highest BCUT2D eigenvalue weighted by molar-refractivity contribution is 9.10. The van der Waals surface area contributed by atoms with E-state index in [0.29, 0.717) is 13.1 Å². The molecule has 2 rings (SSSR count). The topological polar surface area (TPSA) is 49.4 Å². The second kappa shape index (κ2) is 7.07. The van der Waals surface area contributed by atoms with E-state index in [0.717, 1.165) is 22.9 Å². The van der Waals surface area contributed by atoms with E-state index in [-0.39, 0.29) is 23.8 Å². The van der Waals surface area contributed by atoms with Crippen molar-refractivity contribution in [3.63, 3.8) is 0 Å². The van der Waals surface area contributed by atoms with Gasteiger partial charge in [-0.2, -0.15) is 0 Å². The van der Waals surface area contributed by atoms with Gasteiger partial charge in [0, 0.05) is 30.4 Å². The van der Waals surface area contributed by atoms with Crippen molar-refractivity contribution in [3.05, 3.63) is 34.3 Å². The number of hydrogen-bond donors (Lipinski definition) is 1. The van der Waals surface area contributed by atoms with Crippen molar-refractivity contribution < 1.29 is 9.59 Å². The predicted octanol–water partition coefficient (Wildman–Crippen LogP) is 2.88. The fraction of sp³-hybridized carbons (Fsp3) is 0.500. The van der Waals surface area contributed by atoms with Crippen molar-refractivity contribution in [1.29, 1.82) is 0 Å². The first-order valence-corrected chi connectivity index (χ1v) is 8.08. The molecule has 0 spiro atoms. The summed E-state index contributed by atoms with van der Waals surface area (Å²) in [5.74, 6) is 0.198. The van der Waals surface area contributed by atoms with E-state index in [4.69, 9.17) is 0 Å². The molecule has 1 heterocycles. The summed E-state index contributed by atoms with van der Waals surface area (Å²) in [4.78, 5) is 25.4. The lowest BCUT2D eigenvalue weighted by Crippen LogP contribution is -2.42. The first kappa shape index (κ1) is 16.0. The maximum absolute atomic E-state index is 12.3. The standard InChI is InChI=1S/C16H21BrN2O2/c1-11(13-3-5-15(17)6-4-13)18-16(21)14-7-9-19(10-8-14)12(2)20/h3-6,11,14H,7-10H2,1-2H3,(H,18,21). The van der Waals surface area contributed by atoms with Crippen molar-refractivity contribution in [2.24, 2.45) is 5.92 Å². The quantitative estimate of drug-likeness (QED) is 0.909. The zero-order valence-corrected chi connectivity index (χ0v) is 14.0. The van der Waals surface area contributed by atoms with Crippen LogP contribution in [-0.4, -0.2) is 29.8 Å². The number of piperidine rings is 1. The molecule has 2 amide bonds. The normalized spacial score (nSPS) is 17.4. The van der Waals surface area contributed by atoms with Crippen LogP contribution in [0.1, 0.15) is 38.3 Å². The van der Waals surface area contributed by atoms with Gasteiger partial charge in [0.2, 0.25) is 11.8 Å². The maximum atomic E-state index is 12.3. The Bertz CT molecular complexity index is 508. The summed E-state index contributed by atoms with van der Waals surface area (Å²) in [6, 6.07) is 7.96. The molecule has 1 aromatic carbocycles. The molecule has 21 heavy (non-hydrogen) atoms. The van der Waals surface area contributed by atoms with Gasteiger partial charge in [-0.05, 0) is 37.5 Å². The minimum Gasteiger partial charge on any atom is -0.349 e. The van der Waals surface area contributed by atoms with Crippen LogP contribution < -0.4 is 5.32 Å². The van der Waals surface area contributed by atoms with Gasteiger partial charge in [-0.3, -0.25) is 9.59 Å². The van der Waals surface area contributed by atoms with Gasteiger partial charge >= 0.3 is 0 Å². The summed E-state index contributed by atoms with van der Waals surface area (Å²) >= 11 is 3.41. The Kier molecular flexibility index (Phi) is 5.39. The van der Waals surface area contributed by atoms with Crippen molar-refractivity contribution in [2.75, 3.05) is 13.1 Å². The molecule has 1 aliphatic rings. The smallest absolute Gasteiger partial charge is 0.223 e. The lowest BCUT2D eigenvalue weighted by atomic mass is 9.95. The number of halogens is 1. The zero-order valence-electron chi connectivity index (χ0n) is 12.4. The number of rotatable bonds is 3. The van der Waals surface area contributed by atoms with Crippen LogP contribution in [0, 0.1) is 5.92 Å². The van der Waals surface area contributed by atoms with Crippen LogP contribution >= 0.6 is 15.9 Å². The van der Waals surface area contributed by atoms with E-state index in [9.17, 15) is 9.59 Å². The molecule has 0 radical (unpaired) electrons. The molecule has 5 heteroatoms. The second-order valence-corrected chi connectivity index (χ2v) is 6.48. The van der Waals surface area contributed by atoms with Crippen molar-refractivity contribution in [2.45, 2.75) is 32.7 Å². The number of carbonyl (C=O) groups excluding carboxylic acids is 2. The van der Waals surface area contributed by atoms with Gasteiger partial charge < -0.3 is 10.2 Å². The number of likely N-dealkylation sites (tertiary alicyclic amines) is 1. The highest BCUT2D eigenvalue weighted by Crippen LogP contribution is 2.20. The first-order chi connectivity index (χ1) is 9.97. The minimum atomic E-state index is -0.00330. The molecule has 0 saturated carbocycles. The Morgan fingerprint density at radius 1 is 1.24 bits per heavy atom. The average Bonchev–Trinajstić information content (AvgIpc) is 2.47. The summed E-state index contributed by atoms with van der Waals surface area (Å²) < 4.78 is 1.03. The van der Waals surface area contributed by atoms with E-state index < -0.39 is 0 Å². The van der Waals surface area contributed by atoms with E-state index in [2.05, 4.69) is 21.2 Å². The summed E-state index contributed by atoms with van der Waals surface area (Å²) in [7, 11) is 0. The molecule has 114 valence electrons. The Morgan fingerprint density at radius 3 is 2.33 bits per heavy atom. The predicted molar refractivity (Wildman–Crippen MR) is 85.7 cm³/mol. The Labute approximate surface area is 134 Å². The van der Waals surface area contributed by atoms with Gasteiger partial charge in [0.25, 0.3) is 0 Å². The molecular formula is C16H21BrN2O2. The van der Waals surface area contributed by atoms with E-state index >= 15 is 0 Å². The fourth-order valence-electron chi connectivity index (χ4n) is 2.62. The minimum absolute atomic E-state index is 0.00330. The molecule has 1 atom stereocenters. The second-order valence-electron chi connectivity index (χ2n) is 5.56.